The summed E-state index contributed by atoms with van der Waals surface area (Å²) in [6.45, 7) is 7.75. The molecule has 26 heavy (non-hydrogen) atoms. The lowest BCUT2D eigenvalue weighted by molar-refractivity contribution is -0.144. The number of hydrogen-bond donors (Lipinski definition) is 0. The van der Waals surface area contributed by atoms with E-state index >= 15 is 0 Å². The van der Waals surface area contributed by atoms with Gasteiger partial charge in [0.25, 0.3) is 0 Å². The maximum atomic E-state index is 12.7. The Bertz CT molecular complexity index is 692. The minimum Gasteiger partial charge on any atom is -0.331 e. The zero-order chi connectivity index (χ0) is 19.4. The second-order valence-corrected chi connectivity index (χ2v) is 7.34. The fourth-order valence-corrected chi connectivity index (χ4v) is 2.99. The van der Waals surface area contributed by atoms with Crippen LogP contribution in [-0.2, 0) is 14.4 Å². The molecule has 0 aromatic heterocycles. The van der Waals surface area contributed by atoms with Crippen molar-refractivity contribution in [2.24, 2.45) is 5.92 Å². The first-order chi connectivity index (χ1) is 12.2. The number of carbonyl (C=O) groups excluding carboxylic acids is 3. The minimum absolute atomic E-state index is 0.00873. The van der Waals surface area contributed by atoms with E-state index in [4.69, 9.17) is 11.6 Å². The summed E-state index contributed by atoms with van der Waals surface area (Å²) in [5, 5.41) is 0.533. The van der Waals surface area contributed by atoms with Crippen LogP contribution in [0, 0.1) is 5.92 Å². The normalized spacial score (nSPS) is 15.5. The van der Waals surface area contributed by atoms with E-state index in [1.807, 2.05) is 27.7 Å². The number of anilines is 1. The fourth-order valence-electron chi connectivity index (χ4n) is 2.80. The fraction of sp³-hybridized carbons (Fsp3) is 0.526. The predicted octanol–water partition coefficient (Wildman–Crippen LogP) is 2.76. The zero-order valence-corrected chi connectivity index (χ0v) is 16.5. The molecule has 0 saturated carbocycles. The minimum atomic E-state index is -0.228. The summed E-state index contributed by atoms with van der Waals surface area (Å²) in [6, 6.07) is 6.89. The van der Waals surface area contributed by atoms with Gasteiger partial charge in [-0.1, -0.05) is 31.5 Å². The van der Waals surface area contributed by atoms with Crippen molar-refractivity contribution in [2.75, 3.05) is 24.7 Å². The maximum Gasteiger partial charge on any atom is 0.248 e. The van der Waals surface area contributed by atoms with Crippen molar-refractivity contribution in [3.05, 3.63) is 29.3 Å². The van der Waals surface area contributed by atoms with E-state index in [-0.39, 0.29) is 49.4 Å². The van der Waals surface area contributed by atoms with E-state index in [0.29, 0.717) is 10.7 Å². The first-order valence-electron chi connectivity index (χ1n) is 8.88. The van der Waals surface area contributed by atoms with E-state index in [0.717, 1.165) is 6.42 Å². The van der Waals surface area contributed by atoms with Gasteiger partial charge < -0.3 is 9.80 Å². The molecule has 0 aliphatic carbocycles. The van der Waals surface area contributed by atoms with Crippen LogP contribution < -0.4 is 4.90 Å². The van der Waals surface area contributed by atoms with Gasteiger partial charge in [0.15, 0.2) is 0 Å². The van der Waals surface area contributed by atoms with Gasteiger partial charge in [0.2, 0.25) is 17.7 Å². The molecule has 1 fully saturated rings. The molecule has 1 aliphatic heterocycles. The lowest BCUT2D eigenvalue weighted by Crippen LogP contribution is -2.47. The molecule has 1 aliphatic rings. The Hall–Kier alpha value is -2.08. The van der Waals surface area contributed by atoms with Crippen molar-refractivity contribution in [3.63, 3.8) is 0 Å². The SMILES string of the molecule is CC[C@H](C)C(=O)N(CC(=O)N1CC(=O)N(c2cccc(Cl)c2)C1)C(C)C. The molecular formula is C19H26ClN3O3. The third-order valence-electron chi connectivity index (χ3n) is 4.66. The van der Waals surface area contributed by atoms with Crippen LogP contribution in [0.1, 0.15) is 34.1 Å². The second-order valence-electron chi connectivity index (χ2n) is 6.90. The first-order valence-corrected chi connectivity index (χ1v) is 9.26. The number of carbonyl (C=O) groups is 3. The van der Waals surface area contributed by atoms with E-state index in [9.17, 15) is 14.4 Å². The second kappa shape index (κ2) is 8.54. The highest BCUT2D eigenvalue weighted by molar-refractivity contribution is 6.31. The highest BCUT2D eigenvalue weighted by atomic mass is 35.5. The molecular weight excluding hydrogens is 354 g/mol. The Labute approximate surface area is 159 Å². The van der Waals surface area contributed by atoms with E-state index in [1.54, 1.807) is 29.2 Å². The molecule has 1 aromatic carbocycles. The molecule has 2 rings (SSSR count). The molecule has 1 saturated heterocycles. The molecule has 142 valence electrons. The van der Waals surface area contributed by atoms with Crippen molar-refractivity contribution in [2.45, 2.75) is 40.2 Å². The van der Waals surface area contributed by atoms with Crippen LogP contribution in [0.2, 0.25) is 5.02 Å². The van der Waals surface area contributed by atoms with Crippen LogP contribution in [0.15, 0.2) is 24.3 Å². The van der Waals surface area contributed by atoms with Gasteiger partial charge in [-0.25, -0.2) is 0 Å². The van der Waals surface area contributed by atoms with Gasteiger partial charge in [-0.05, 0) is 38.5 Å². The van der Waals surface area contributed by atoms with Crippen LogP contribution in [0.5, 0.6) is 0 Å². The standard InChI is InChI=1S/C19H26ClN3O3/c1-5-14(4)19(26)22(13(2)3)11-17(24)21-10-18(25)23(12-21)16-8-6-7-15(20)9-16/h6-9,13-14H,5,10-12H2,1-4H3/t14-/m0/s1. The number of benzene rings is 1. The average molecular weight is 380 g/mol. The molecule has 3 amide bonds. The Morgan fingerprint density at radius 2 is 1.96 bits per heavy atom. The molecule has 1 heterocycles. The highest BCUT2D eigenvalue weighted by Gasteiger charge is 2.34. The summed E-state index contributed by atoms with van der Waals surface area (Å²) >= 11 is 5.99. The van der Waals surface area contributed by atoms with Gasteiger partial charge in [0.05, 0.1) is 0 Å². The molecule has 7 heteroatoms. The number of nitrogens with zero attached hydrogens (tertiary/aromatic N) is 3. The van der Waals surface area contributed by atoms with Gasteiger partial charge in [-0.3, -0.25) is 19.3 Å². The molecule has 6 nitrogen and oxygen atoms in total. The molecule has 0 spiro atoms. The molecule has 0 unspecified atom stereocenters. The molecule has 1 atom stereocenters. The van der Waals surface area contributed by atoms with Crippen LogP contribution in [-0.4, -0.2) is 53.3 Å². The average Bonchev–Trinajstić information content (AvgIpc) is 2.99. The van der Waals surface area contributed by atoms with E-state index in [2.05, 4.69) is 0 Å². The van der Waals surface area contributed by atoms with Crippen LogP contribution in [0.4, 0.5) is 5.69 Å². The smallest absolute Gasteiger partial charge is 0.248 e. The van der Waals surface area contributed by atoms with Gasteiger partial charge >= 0.3 is 0 Å². The summed E-state index contributed by atoms with van der Waals surface area (Å²) in [6.07, 6.45) is 0.723. The summed E-state index contributed by atoms with van der Waals surface area (Å²) in [7, 11) is 0. The summed E-state index contributed by atoms with van der Waals surface area (Å²) in [5.74, 6) is -0.556. The summed E-state index contributed by atoms with van der Waals surface area (Å²) < 4.78 is 0. The Morgan fingerprint density at radius 3 is 2.54 bits per heavy atom. The van der Waals surface area contributed by atoms with Crippen molar-refractivity contribution < 1.29 is 14.4 Å². The van der Waals surface area contributed by atoms with Crippen molar-refractivity contribution in [1.82, 2.24) is 9.80 Å². The number of halogens is 1. The Morgan fingerprint density at radius 1 is 1.27 bits per heavy atom. The van der Waals surface area contributed by atoms with Gasteiger partial charge in [0.1, 0.15) is 19.8 Å². The van der Waals surface area contributed by atoms with Crippen molar-refractivity contribution >= 4 is 35.0 Å². The third-order valence-corrected chi connectivity index (χ3v) is 4.89. The number of hydrogen-bond acceptors (Lipinski definition) is 3. The molecule has 0 N–H and O–H groups in total. The molecule has 0 bridgehead atoms. The highest BCUT2D eigenvalue weighted by Crippen LogP contribution is 2.23. The van der Waals surface area contributed by atoms with Gasteiger partial charge in [-0.2, -0.15) is 0 Å². The Balaban J connectivity index is 2.08. The van der Waals surface area contributed by atoms with Crippen molar-refractivity contribution in [3.8, 4) is 0 Å². The van der Waals surface area contributed by atoms with Crippen LogP contribution in [0.25, 0.3) is 0 Å². The van der Waals surface area contributed by atoms with Crippen LogP contribution in [0.3, 0.4) is 0 Å². The number of amides is 3. The Kier molecular flexibility index (Phi) is 6.64. The maximum absolute atomic E-state index is 12.7. The van der Waals surface area contributed by atoms with E-state index in [1.165, 1.54) is 9.80 Å². The number of rotatable bonds is 6. The van der Waals surface area contributed by atoms with Crippen molar-refractivity contribution in [1.29, 1.82) is 0 Å². The summed E-state index contributed by atoms with van der Waals surface area (Å²) in [5.41, 5.74) is 0.661. The topological polar surface area (TPSA) is 60.9 Å². The largest absolute Gasteiger partial charge is 0.331 e. The first kappa shape index (κ1) is 20.2. The zero-order valence-electron chi connectivity index (χ0n) is 15.7. The monoisotopic (exact) mass is 379 g/mol. The van der Waals surface area contributed by atoms with E-state index < -0.39 is 0 Å². The lowest BCUT2D eigenvalue weighted by atomic mass is 10.1. The summed E-state index contributed by atoms with van der Waals surface area (Å²) in [4.78, 5) is 42.1. The quantitative estimate of drug-likeness (QED) is 0.763. The van der Waals surface area contributed by atoms with Gasteiger partial charge in [0, 0.05) is 22.7 Å². The lowest BCUT2D eigenvalue weighted by Gasteiger charge is -2.30. The van der Waals surface area contributed by atoms with Crippen LogP contribution >= 0.6 is 11.6 Å². The molecule has 0 radical (unpaired) electrons. The molecule has 1 aromatic rings. The predicted molar refractivity (Wildman–Crippen MR) is 102 cm³/mol. The van der Waals surface area contributed by atoms with Gasteiger partial charge in [-0.15, -0.1) is 0 Å². The third kappa shape index (κ3) is 4.55.